The van der Waals surface area contributed by atoms with Crippen molar-refractivity contribution in [1.82, 2.24) is 4.90 Å². The topological polar surface area (TPSA) is 29.3 Å². The van der Waals surface area contributed by atoms with Gasteiger partial charge in [-0.25, -0.2) is 0 Å². The number of hydrogen-bond donors (Lipinski definition) is 1. The van der Waals surface area contributed by atoms with Crippen molar-refractivity contribution in [1.29, 1.82) is 0 Å². The van der Waals surface area contributed by atoms with E-state index in [4.69, 9.17) is 5.73 Å². The van der Waals surface area contributed by atoms with Crippen LogP contribution in [0.5, 0.6) is 0 Å². The van der Waals surface area contributed by atoms with E-state index in [1.807, 2.05) is 0 Å². The zero-order valence-electron chi connectivity index (χ0n) is 12.8. The number of hydrogen-bond acceptors (Lipinski definition) is 2. The SMILES string of the molecule is CCC1CCC(N(C)C(C)(CN)C2(C)CC2)CC1. The van der Waals surface area contributed by atoms with Crippen molar-refractivity contribution < 1.29 is 0 Å². The summed E-state index contributed by atoms with van der Waals surface area (Å²) in [4.78, 5) is 2.64. The molecule has 1 atom stereocenters. The molecule has 2 N–H and O–H groups in total. The summed E-state index contributed by atoms with van der Waals surface area (Å²) >= 11 is 0. The van der Waals surface area contributed by atoms with Crippen LogP contribution < -0.4 is 5.73 Å². The fraction of sp³-hybridized carbons (Fsp3) is 1.00. The van der Waals surface area contributed by atoms with Crippen molar-refractivity contribution in [3.63, 3.8) is 0 Å². The molecule has 2 heteroatoms. The van der Waals surface area contributed by atoms with Crippen molar-refractivity contribution in [3.8, 4) is 0 Å². The van der Waals surface area contributed by atoms with Crippen LogP contribution in [0.4, 0.5) is 0 Å². The second-order valence-corrected chi connectivity index (χ2v) is 7.23. The van der Waals surface area contributed by atoms with Gasteiger partial charge in [0, 0.05) is 18.1 Å². The van der Waals surface area contributed by atoms with Gasteiger partial charge in [0.2, 0.25) is 0 Å². The molecule has 0 aromatic heterocycles. The molecule has 18 heavy (non-hydrogen) atoms. The molecular formula is C16H32N2. The van der Waals surface area contributed by atoms with Gasteiger partial charge in [-0.05, 0) is 63.8 Å². The van der Waals surface area contributed by atoms with Gasteiger partial charge < -0.3 is 5.73 Å². The highest BCUT2D eigenvalue weighted by Gasteiger charge is 2.55. The number of likely N-dealkylation sites (N-methyl/N-ethyl adjacent to an activating group) is 1. The first kappa shape index (κ1) is 14.3. The van der Waals surface area contributed by atoms with Gasteiger partial charge in [0.25, 0.3) is 0 Å². The van der Waals surface area contributed by atoms with E-state index in [-0.39, 0.29) is 5.54 Å². The summed E-state index contributed by atoms with van der Waals surface area (Å²) in [7, 11) is 2.33. The minimum Gasteiger partial charge on any atom is -0.329 e. The highest BCUT2D eigenvalue weighted by atomic mass is 15.2. The van der Waals surface area contributed by atoms with Gasteiger partial charge in [-0.1, -0.05) is 20.3 Å². The monoisotopic (exact) mass is 252 g/mol. The van der Waals surface area contributed by atoms with Crippen LogP contribution in [-0.2, 0) is 0 Å². The summed E-state index contributed by atoms with van der Waals surface area (Å²) in [5, 5.41) is 0. The molecule has 0 radical (unpaired) electrons. The highest BCUT2D eigenvalue weighted by Crippen LogP contribution is 2.56. The molecule has 0 aromatic rings. The zero-order chi connectivity index (χ0) is 13.4. The molecule has 0 aromatic carbocycles. The second-order valence-electron chi connectivity index (χ2n) is 7.23. The summed E-state index contributed by atoms with van der Waals surface area (Å²) < 4.78 is 0. The second kappa shape index (κ2) is 5.13. The van der Waals surface area contributed by atoms with Gasteiger partial charge in [0.15, 0.2) is 0 Å². The Morgan fingerprint density at radius 3 is 2.17 bits per heavy atom. The van der Waals surface area contributed by atoms with E-state index in [0.29, 0.717) is 5.41 Å². The van der Waals surface area contributed by atoms with Crippen molar-refractivity contribution in [2.45, 2.75) is 77.3 Å². The van der Waals surface area contributed by atoms with Crippen LogP contribution in [0.2, 0.25) is 0 Å². The lowest BCUT2D eigenvalue weighted by Gasteiger charge is -2.49. The largest absolute Gasteiger partial charge is 0.329 e. The molecule has 1 unspecified atom stereocenters. The Morgan fingerprint density at radius 1 is 1.22 bits per heavy atom. The van der Waals surface area contributed by atoms with Gasteiger partial charge in [0.05, 0.1) is 0 Å². The van der Waals surface area contributed by atoms with E-state index in [1.165, 1.54) is 44.9 Å². The van der Waals surface area contributed by atoms with Crippen LogP contribution in [0.15, 0.2) is 0 Å². The molecule has 106 valence electrons. The standard InChI is InChI=1S/C16H32N2/c1-5-13-6-8-14(9-7-13)18(4)16(3,12-17)15(2)10-11-15/h13-14H,5-12,17H2,1-4H3. The summed E-state index contributed by atoms with van der Waals surface area (Å²) in [5.74, 6) is 0.982. The van der Waals surface area contributed by atoms with Crippen LogP contribution in [0.3, 0.4) is 0 Å². The van der Waals surface area contributed by atoms with Crippen LogP contribution in [0.25, 0.3) is 0 Å². The van der Waals surface area contributed by atoms with Crippen LogP contribution in [-0.4, -0.2) is 30.1 Å². The van der Waals surface area contributed by atoms with Gasteiger partial charge in [-0.15, -0.1) is 0 Å². The maximum atomic E-state index is 6.15. The Labute approximate surface area is 113 Å². The van der Waals surface area contributed by atoms with Crippen LogP contribution >= 0.6 is 0 Å². The molecule has 2 rings (SSSR count). The van der Waals surface area contributed by atoms with Gasteiger partial charge in [-0.2, -0.15) is 0 Å². The fourth-order valence-electron chi connectivity index (χ4n) is 3.89. The van der Waals surface area contributed by atoms with E-state index >= 15 is 0 Å². The van der Waals surface area contributed by atoms with Crippen LogP contribution in [0.1, 0.15) is 65.7 Å². The Hall–Kier alpha value is -0.0800. The van der Waals surface area contributed by atoms with E-state index < -0.39 is 0 Å². The average molecular weight is 252 g/mol. The summed E-state index contributed by atoms with van der Waals surface area (Å²) in [6.45, 7) is 7.96. The lowest BCUT2D eigenvalue weighted by Crippen LogP contribution is -2.59. The Bertz CT molecular complexity index is 277. The number of nitrogens with two attached hydrogens (primary N) is 1. The number of rotatable bonds is 5. The molecule has 2 nitrogen and oxygen atoms in total. The molecule has 0 saturated heterocycles. The van der Waals surface area contributed by atoms with Crippen molar-refractivity contribution >= 4 is 0 Å². The molecular weight excluding hydrogens is 220 g/mol. The van der Waals surface area contributed by atoms with Crippen molar-refractivity contribution in [2.75, 3.05) is 13.6 Å². The molecule has 0 bridgehead atoms. The lowest BCUT2D eigenvalue weighted by atomic mass is 9.78. The van der Waals surface area contributed by atoms with E-state index in [9.17, 15) is 0 Å². The predicted octanol–water partition coefficient (Wildman–Crippen LogP) is 3.40. The van der Waals surface area contributed by atoms with Gasteiger partial charge in [-0.3, -0.25) is 4.90 Å². The Morgan fingerprint density at radius 2 is 1.78 bits per heavy atom. The van der Waals surface area contributed by atoms with Crippen molar-refractivity contribution in [3.05, 3.63) is 0 Å². The number of nitrogens with zero attached hydrogens (tertiary/aromatic N) is 1. The molecule has 2 fully saturated rings. The predicted molar refractivity (Wildman–Crippen MR) is 78.6 cm³/mol. The third kappa shape index (κ3) is 2.34. The van der Waals surface area contributed by atoms with Gasteiger partial charge >= 0.3 is 0 Å². The molecule has 0 amide bonds. The first-order chi connectivity index (χ1) is 8.47. The molecule has 2 saturated carbocycles. The average Bonchev–Trinajstić information content (AvgIpc) is 3.16. The molecule has 0 aliphatic heterocycles. The van der Waals surface area contributed by atoms with Crippen molar-refractivity contribution in [2.24, 2.45) is 17.1 Å². The Kier molecular flexibility index (Phi) is 4.08. The lowest BCUT2D eigenvalue weighted by molar-refractivity contribution is 0.0140. The molecule has 0 heterocycles. The first-order valence-corrected chi connectivity index (χ1v) is 7.90. The zero-order valence-corrected chi connectivity index (χ0v) is 12.8. The van der Waals surface area contributed by atoms with E-state index in [0.717, 1.165) is 18.5 Å². The minimum atomic E-state index is 0.205. The minimum absolute atomic E-state index is 0.205. The smallest absolute Gasteiger partial charge is 0.0356 e. The third-order valence-electron chi connectivity index (χ3n) is 6.42. The molecule has 2 aliphatic rings. The van der Waals surface area contributed by atoms with E-state index in [1.54, 1.807) is 0 Å². The summed E-state index contributed by atoms with van der Waals surface area (Å²) in [6.07, 6.45) is 9.67. The highest BCUT2D eigenvalue weighted by molar-refractivity contribution is 5.10. The summed E-state index contributed by atoms with van der Waals surface area (Å²) in [6, 6.07) is 0.763. The maximum absolute atomic E-state index is 6.15. The van der Waals surface area contributed by atoms with Gasteiger partial charge in [0.1, 0.15) is 0 Å². The first-order valence-electron chi connectivity index (χ1n) is 7.90. The molecule has 2 aliphatic carbocycles. The fourth-order valence-corrected chi connectivity index (χ4v) is 3.89. The van der Waals surface area contributed by atoms with Crippen LogP contribution in [0, 0.1) is 11.3 Å². The normalized spacial score (nSPS) is 34.3. The quantitative estimate of drug-likeness (QED) is 0.812. The maximum Gasteiger partial charge on any atom is 0.0356 e. The molecule has 0 spiro atoms. The summed E-state index contributed by atoms with van der Waals surface area (Å²) in [5.41, 5.74) is 6.83. The van der Waals surface area contributed by atoms with E-state index in [2.05, 4.69) is 32.7 Å². The Balaban J connectivity index is 2.00. The third-order valence-corrected chi connectivity index (χ3v) is 6.42.